The standard InChI is InChI=1S/C14H6ClF2N3/c15-11-5-10(3-1-8(11)6-18)20-12-4-2-9(7-19)13(16)14(12)17/h1-5,20H. The van der Waals surface area contributed by atoms with E-state index >= 15 is 0 Å². The summed E-state index contributed by atoms with van der Waals surface area (Å²) in [5.74, 6) is -2.36. The fraction of sp³-hybridized carbons (Fsp3) is 0. The Kier molecular flexibility index (Phi) is 3.84. The predicted molar refractivity (Wildman–Crippen MR) is 70.5 cm³/mol. The van der Waals surface area contributed by atoms with Crippen LogP contribution in [-0.4, -0.2) is 0 Å². The molecule has 3 nitrogen and oxygen atoms in total. The van der Waals surface area contributed by atoms with Crippen LogP contribution in [0.4, 0.5) is 20.2 Å². The van der Waals surface area contributed by atoms with Crippen molar-refractivity contribution in [2.24, 2.45) is 0 Å². The third-order valence-corrected chi connectivity index (χ3v) is 2.88. The van der Waals surface area contributed by atoms with Gasteiger partial charge in [0.1, 0.15) is 12.1 Å². The zero-order chi connectivity index (χ0) is 14.7. The van der Waals surface area contributed by atoms with Gasteiger partial charge in [0.25, 0.3) is 0 Å². The van der Waals surface area contributed by atoms with E-state index in [4.69, 9.17) is 22.1 Å². The van der Waals surface area contributed by atoms with Crippen molar-refractivity contribution < 1.29 is 8.78 Å². The number of halogens is 3. The largest absolute Gasteiger partial charge is 0.353 e. The summed E-state index contributed by atoms with van der Waals surface area (Å²) < 4.78 is 27.2. The molecule has 2 aromatic carbocycles. The Labute approximate surface area is 118 Å². The molecule has 0 saturated heterocycles. The third-order valence-electron chi connectivity index (χ3n) is 2.57. The van der Waals surface area contributed by atoms with E-state index in [-0.39, 0.29) is 21.8 Å². The molecule has 0 aliphatic carbocycles. The molecule has 2 rings (SSSR count). The van der Waals surface area contributed by atoms with Crippen molar-refractivity contribution >= 4 is 23.0 Å². The SMILES string of the molecule is N#Cc1ccc(Nc2ccc(C#N)c(F)c2F)cc1Cl. The molecule has 2 aromatic rings. The normalized spacial score (nSPS) is 9.65. The van der Waals surface area contributed by atoms with Crippen molar-refractivity contribution in [2.45, 2.75) is 0 Å². The number of hydrogen-bond donors (Lipinski definition) is 1. The summed E-state index contributed by atoms with van der Waals surface area (Å²) in [6, 6.07) is 10.3. The van der Waals surface area contributed by atoms with Gasteiger partial charge in [0, 0.05) is 5.69 Å². The van der Waals surface area contributed by atoms with Crippen LogP contribution in [-0.2, 0) is 0 Å². The Balaban J connectivity index is 2.37. The number of anilines is 2. The molecule has 98 valence electrons. The lowest BCUT2D eigenvalue weighted by Crippen LogP contribution is -1.98. The van der Waals surface area contributed by atoms with Crippen molar-refractivity contribution in [2.75, 3.05) is 5.32 Å². The number of nitriles is 2. The lowest BCUT2D eigenvalue weighted by atomic mass is 10.1. The van der Waals surface area contributed by atoms with E-state index in [1.54, 1.807) is 6.07 Å². The molecule has 6 heteroatoms. The highest BCUT2D eigenvalue weighted by molar-refractivity contribution is 6.32. The first kappa shape index (κ1) is 13.8. The number of nitrogens with one attached hydrogen (secondary N) is 1. The molecule has 0 aliphatic heterocycles. The molecule has 0 atom stereocenters. The highest BCUT2D eigenvalue weighted by Crippen LogP contribution is 2.26. The van der Waals surface area contributed by atoms with Gasteiger partial charge in [-0.25, -0.2) is 8.78 Å². The van der Waals surface area contributed by atoms with Crippen LogP contribution >= 0.6 is 11.6 Å². The summed E-state index contributed by atoms with van der Waals surface area (Å²) in [4.78, 5) is 0. The van der Waals surface area contributed by atoms with E-state index in [1.165, 1.54) is 30.3 Å². The molecular formula is C14H6ClF2N3. The quantitative estimate of drug-likeness (QED) is 0.905. The van der Waals surface area contributed by atoms with Crippen LogP contribution in [0.5, 0.6) is 0 Å². The second-order valence-corrected chi connectivity index (χ2v) is 4.24. The van der Waals surface area contributed by atoms with Crippen molar-refractivity contribution in [3.8, 4) is 12.1 Å². The monoisotopic (exact) mass is 289 g/mol. The Morgan fingerprint density at radius 2 is 1.60 bits per heavy atom. The number of benzene rings is 2. The average Bonchev–Trinajstić information content (AvgIpc) is 2.44. The minimum absolute atomic E-state index is 0.123. The highest BCUT2D eigenvalue weighted by atomic mass is 35.5. The zero-order valence-electron chi connectivity index (χ0n) is 9.92. The van der Waals surface area contributed by atoms with Crippen LogP contribution < -0.4 is 5.32 Å². The Morgan fingerprint density at radius 3 is 2.20 bits per heavy atom. The van der Waals surface area contributed by atoms with Crippen LogP contribution in [0.3, 0.4) is 0 Å². The van der Waals surface area contributed by atoms with Gasteiger partial charge in [0.2, 0.25) is 0 Å². The van der Waals surface area contributed by atoms with E-state index in [9.17, 15) is 8.78 Å². The third kappa shape index (κ3) is 2.54. The smallest absolute Gasteiger partial charge is 0.183 e. The van der Waals surface area contributed by atoms with Gasteiger partial charge < -0.3 is 5.32 Å². The summed E-state index contributed by atoms with van der Waals surface area (Å²) in [5.41, 5.74) is 0.189. The van der Waals surface area contributed by atoms with Crippen LogP contribution in [0.2, 0.25) is 5.02 Å². The van der Waals surface area contributed by atoms with Crippen LogP contribution in [0, 0.1) is 34.3 Å². The predicted octanol–water partition coefficient (Wildman–Crippen LogP) is 4.11. The average molecular weight is 290 g/mol. The molecule has 0 aromatic heterocycles. The maximum atomic E-state index is 13.7. The second-order valence-electron chi connectivity index (χ2n) is 3.83. The van der Waals surface area contributed by atoms with Gasteiger partial charge in [-0.2, -0.15) is 10.5 Å². The molecule has 0 bridgehead atoms. The molecule has 20 heavy (non-hydrogen) atoms. The summed E-state index contributed by atoms with van der Waals surface area (Å²) in [5, 5.41) is 20.2. The minimum Gasteiger partial charge on any atom is -0.353 e. The van der Waals surface area contributed by atoms with Crippen LogP contribution in [0.25, 0.3) is 0 Å². The van der Waals surface area contributed by atoms with Gasteiger partial charge in [-0.3, -0.25) is 0 Å². The Bertz CT molecular complexity index is 760. The second kappa shape index (κ2) is 5.56. The maximum absolute atomic E-state index is 13.7. The van der Waals surface area contributed by atoms with Crippen LogP contribution in [0.1, 0.15) is 11.1 Å². The molecule has 0 unspecified atom stereocenters. The molecule has 0 amide bonds. The fourth-order valence-corrected chi connectivity index (χ4v) is 1.79. The number of hydrogen-bond acceptors (Lipinski definition) is 3. The first-order valence-corrected chi connectivity index (χ1v) is 5.79. The molecule has 0 radical (unpaired) electrons. The molecule has 0 aliphatic rings. The first-order valence-electron chi connectivity index (χ1n) is 5.41. The molecule has 1 N–H and O–H groups in total. The molecule has 0 saturated carbocycles. The van der Waals surface area contributed by atoms with Gasteiger partial charge in [-0.05, 0) is 30.3 Å². The number of nitrogens with zero attached hydrogens (tertiary/aromatic N) is 2. The van der Waals surface area contributed by atoms with Crippen molar-refractivity contribution in [1.82, 2.24) is 0 Å². The van der Waals surface area contributed by atoms with E-state index in [1.807, 2.05) is 6.07 Å². The van der Waals surface area contributed by atoms with Gasteiger partial charge in [-0.1, -0.05) is 11.6 Å². The Morgan fingerprint density at radius 1 is 0.950 bits per heavy atom. The summed E-state index contributed by atoms with van der Waals surface area (Å²) in [6.07, 6.45) is 0. The van der Waals surface area contributed by atoms with Gasteiger partial charge >= 0.3 is 0 Å². The van der Waals surface area contributed by atoms with Gasteiger partial charge in [0.05, 0.1) is 21.8 Å². The number of rotatable bonds is 2. The first-order chi connectivity index (χ1) is 9.56. The lowest BCUT2D eigenvalue weighted by Gasteiger charge is -2.09. The highest BCUT2D eigenvalue weighted by Gasteiger charge is 2.13. The summed E-state index contributed by atoms with van der Waals surface area (Å²) in [6.45, 7) is 0. The van der Waals surface area contributed by atoms with Crippen molar-refractivity contribution in [1.29, 1.82) is 10.5 Å². The van der Waals surface area contributed by atoms with Gasteiger partial charge in [-0.15, -0.1) is 0 Å². The fourth-order valence-electron chi connectivity index (χ4n) is 1.57. The van der Waals surface area contributed by atoms with E-state index in [0.717, 1.165) is 0 Å². The lowest BCUT2D eigenvalue weighted by molar-refractivity contribution is 0.509. The molecule has 0 spiro atoms. The van der Waals surface area contributed by atoms with Crippen LogP contribution in [0.15, 0.2) is 30.3 Å². The Hall–Kier alpha value is -2.63. The van der Waals surface area contributed by atoms with E-state index < -0.39 is 11.6 Å². The topological polar surface area (TPSA) is 59.6 Å². The molecular weight excluding hydrogens is 284 g/mol. The summed E-state index contributed by atoms with van der Waals surface area (Å²) >= 11 is 5.84. The van der Waals surface area contributed by atoms with E-state index in [0.29, 0.717) is 5.69 Å². The van der Waals surface area contributed by atoms with Gasteiger partial charge in [0.15, 0.2) is 11.6 Å². The molecule has 0 heterocycles. The molecule has 0 fully saturated rings. The minimum atomic E-state index is -1.21. The maximum Gasteiger partial charge on any atom is 0.183 e. The van der Waals surface area contributed by atoms with Crippen molar-refractivity contribution in [3.05, 3.63) is 58.1 Å². The van der Waals surface area contributed by atoms with Crippen molar-refractivity contribution in [3.63, 3.8) is 0 Å². The van der Waals surface area contributed by atoms with E-state index in [2.05, 4.69) is 5.32 Å². The summed E-state index contributed by atoms with van der Waals surface area (Å²) in [7, 11) is 0. The zero-order valence-corrected chi connectivity index (χ0v) is 10.7.